The summed E-state index contributed by atoms with van der Waals surface area (Å²) in [4.78, 5) is 23.8. The Morgan fingerprint density at radius 3 is 2.64 bits per heavy atom. The third kappa shape index (κ3) is 3.09. The molecule has 0 aromatic heterocycles. The molecule has 3 amide bonds. The van der Waals surface area contributed by atoms with Crippen molar-refractivity contribution in [1.82, 2.24) is 5.32 Å². The summed E-state index contributed by atoms with van der Waals surface area (Å²) in [6.45, 7) is 2.62. The van der Waals surface area contributed by atoms with Gasteiger partial charge in [0.1, 0.15) is 0 Å². The van der Waals surface area contributed by atoms with Crippen LogP contribution in [0.4, 0.5) is 16.2 Å². The Hall–Kier alpha value is -2.82. The molecule has 1 aliphatic rings. The molecule has 1 heterocycles. The number of carbonyl (C=O) groups excluding carboxylic acids is 2. The fourth-order valence-electron chi connectivity index (χ4n) is 2.51. The molecule has 0 atom stereocenters. The Kier molecular flexibility index (Phi) is 3.78. The SMILES string of the molecule is Cc1cccc(NC(=O)Nc2ccc3c(c2)C(=O)NCC3)c1. The van der Waals surface area contributed by atoms with Gasteiger partial charge in [-0.15, -0.1) is 0 Å². The number of carbonyl (C=O) groups is 2. The summed E-state index contributed by atoms with van der Waals surface area (Å²) in [7, 11) is 0. The highest BCUT2D eigenvalue weighted by Gasteiger charge is 2.17. The van der Waals surface area contributed by atoms with Gasteiger partial charge in [-0.2, -0.15) is 0 Å². The molecule has 0 bridgehead atoms. The first-order valence-electron chi connectivity index (χ1n) is 7.17. The average molecular weight is 295 g/mol. The summed E-state index contributed by atoms with van der Waals surface area (Å²) >= 11 is 0. The minimum atomic E-state index is -0.332. The Balaban J connectivity index is 1.72. The van der Waals surface area contributed by atoms with E-state index in [-0.39, 0.29) is 11.9 Å². The van der Waals surface area contributed by atoms with Crippen LogP contribution in [0, 0.1) is 6.92 Å². The van der Waals surface area contributed by atoms with E-state index in [9.17, 15) is 9.59 Å². The summed E-state index contributed by atoms with van der Waals surface area (Å²) in [6, 6.07) is 12.6. The molecule has 3 rings (SSSR count). The molecule has 2 aromatic carbocycles. The van der Waals surface area contributed by atoms with Crippen molar-refractivity contribution >= 4 is 23.3 Å². The van der Waals surface area contributed by atoms with Gasteiger partial charge < -0.3 is 16.0 Å². The van der Waals surface area contributed by atoms with Crippen LogP contribution in [-0.2, 0) is 6.42 Å². The number of amides is 3. The summed E-state index contributed by atoms with van der Waals surface area (Å²) in [5, 5.41) is 8.32. The van der Waals surface area contributed by atoms with Crippen molar-refractivity contribution < 1.29 is 9.59 Å². The number of fused-ring (bicyclic) bond motifs is 1. The lowest BCUT2D eigenvalue weighted by Crippen LogP contribution is -2.32. The molecule has 0 radical (unpaired) electrons. The lowest BCUT2D eigenvalue weighted by atomic mass is 10.00. The van der Waals surface area contributed by atoms with Gasteiger partial charge in [-0.05, 0) is 48.7 Å². The molecule has 0 spiro atoms. The average Bonchev–Trinajstić information content (AvgIpc) is 2.48. The largest absolute Gasteiger partial charge is 0.352 e. The molecule has 22 heavy (non-hydrogen) atoms. The monoisotopic (exact) mass is 295 g/mol. The standard InChI is InChI=1S/C17H17N3O2/c1-11-3-2-4-13(9-11)19-17(22)20-14-6-5-12-7-8-18-16(21)15(12)10-14/h2-6,9-10H,7-8H2,1H3,(H,18,21)(H2,19,20,22). The van der Waals surface area contributed by atoms with Crippen LogP contribution in [0.25, 0.3) is 0 Å². The van der Waals surface area contributed by atoms with E-state index in [0.29, 0.717) is 17.8 Å². The highest BCUT2D eigenvalue weighted by atomic mass is 16.2. The van der Waals surface area contributed by atoms with E-state index in [1.165, 1.54) is 0 Å². The van der Waals surface area contributed by atoms with Crippen LogP contribution < -0.4 is 16.0 Å². The van der Waals surface area contributed by atoms with Gasteiger partial charge >= 0.3 is 6.03 Å². The first kappa shape index (κ1) is 14.1. The van der Waals surface area contributed by atoms with Gasteiger partial charge in [-0.3, -0.25) is 4.79 Å². The van der Waals surface area contributed by atoms with E-state index in [1.54, 1.807) is 6.07 Å². The van der Waals surface area contributed by atoms with Gasteiger partial charge in [0.25, 0.3) is 5.91 Å². The lowest BCUT2D eigenvalue weighted by molar-refractivity contribution is 0.0946. The van der Waals surface area contributed by atoms with Gasteiger partial charge in [-0.1, -0.05) is 18.2 Å². The van der Waals surface area contributed by atoms with Gasteiger partial charge in [0.15, 0.2) is 0 Å². The molecule has 0 saturated carbocycles. The zero-order valence-electron chi connectivity index (χ0n) is 12.3. The van der Waals surface area contributed by atoms with E-state index in [2.05, 4.69) is 16.0 Å². The fraction of sp³-hybridized carbons (Fsp3) is 0.176. The normalized spacial score (nSPS) is 13.0. The number of aryl methyl sites for hydroxylation is 1. The quantitative estimate of drug-likeness (QED) is 0.797. The van der Waals surface area contributed by atoms with Crippen LogP contribution in [0.15, 0.2) is 42.5 Å². The van der Waals surface area contributed by atoms with Crippen LogP contribution in [-0.4, -0.2) is 18.5 Å². The smallest absolute Gasteiger partial charge is 0.323 e. The number of nitrogens with one attached hydrogen (secondary N) is 3. The van der Waals surface area contributed by atoms with Crippen molar-refractivity contribution in [2.75, 3.05) is 17.2 Å². The third-order valence-electron chi connectivity index (χ3n) is 3.57. The number of hydrogen-bond acceptors (Lipinski definition) is 2. The molecule has 5 heteroatoms. The first-order chi connectivity index (χ1) is 10.6. The molecule has 2 aromatic rings. The fourth-order valence-corrected chi connectivity index (χ4v) is 2.51. The molecule has 5 nitrogen and oxygen atoms in total. The highest BCUT2D eigenvalue weighted by Crippen LogP contribution is 2.19. The number of rotatable bonds is 2. The molecular formula is C17H17N3O2. The number of anilines is 2. The van der Waals surface area contributed by atoms with Crippen molar-refractivity contribution in [2.45, 2.75) is 13.3 Å². The third-order valence-corrected chi connectivity index (χ3v) is 3.57. The topological polar surface area (TPSA) is 70.2 Å². The highest BCUT2D eigenvalue weighted by molar-refractivity contribution is 6.02. The molecule has 0 fully saturated rings. The van der Waals surface area contributed by atoms with E-state index in [4.69, 9.17) is 0 Å². The van der Waals surface area contributed by atoms with Gasteiger partial charge in [0, 0.05) is 23.5 Å². The molecule has 0 aliphatic carbocycles. The maximum Gasteiger partial charge on any atom is 0.323 e. The maximum absolute atomic E-state index is 12.0. The number of benzene rings is 2. The van der Waals surface area contributed by atoms with E-state index < -0.39 is 0 Å². The molecule has 112 valence electrons. The van der Waals surface area contributed by atoms with Crippen molar-refractivity contribution in [2.24, 2.45) is 0 Å². The van der Waals surface area contributed by atoms with Crippen LogP contribution >= 0.6 is 0 Å². The lowest BCUT2D eigenvalue weighted by Gasteiger charge is -2.17. The zero-order valence-corrected chi connectivity index (χ0v) is 12.3. The van der Waals surface area contributed by atoms with Gasteiger partial charge in [0.2, 0.25) is 0 Å². The van der Waals surface area contributed by atoms with Crippen LogP contribution in [0.3, 0.4) is 0 Å². The Labute approximate surface area is 128 Å². The molecule has 3 N–H and O–H groups in total. The minimum absolute atomic E-state index is 0.0935. The van der Waals surface area contributed by atoms with Crippen molar-refractivity contribution in [3.63, 3.8) is 0 Å². The molecular weight excluding hydrogens is 278 g/mol. The summed E-state index contributed by atoms with van der Waals surface area (Å²) in [6.07, 6.45) is 0.816. The second-order valence-electron chi connectivity index (χ2n) is 5.33. The predicted octanol–water partition coefficient (Wildman–Crippen LogP) is 2.92. The van der Waals surface area contributed by atoms with Crippen molar-refractivity contribution in [3.8, 4) is 0 Å². The summed E-state index contributed by atoms with van der Waals surface area (Å²) < 4.78 is 0. The molecule has 0 saturated heterocycles. The second-order valence-corrected chi connectivity index (χ2v) is 5.33. The van der Waals surface area contributed by atoms with E-state index in [1.807, 2.05) is 43.3 Å². The van der Waals surface area contributed by atoms with Gasteiger partial charge in [0.05, 0.1) is 0 Å². The minimum Gasteiger partial charge on any atom is -0.352 e. The summed E-state index contributed by atoms with van der Waals surface area (Å²) in [5.41, 5.74) is 4.03. The Morgan fingerprint density at radius 2 is 1.86 bits per heavy atom. The van der Waals surface area contributed by atoms with Crippen LogP contribution in [0.5, 0.6) is 0 Å². The summed E-state index contributed by atoms with van der Waals surface area (Å²) in [5.74, 6) is -0.0935. The maximum atomic E-state index is 12.0. The second kappa shape index (κ2) is 5.89. The van der Waals surface area contributed by atoms with Gasteiger partial charge in [-0.25, -0.2) is 4.79 Å². The Bertz CT molecular complexity index is 740. The van der Waals surface area contributed by atoms with Crippen LogP contribution in [0.2, 0.25) is 0 Å². The Morgan fingerprint density at radius 1 is 1.09 bits per heavy atom. The van der Waals surface area contributed by atoms with Crippen molar-refractivity contribution in [3.05, 3.63) is 59.2 Å². The first-order valence-corrected chi connectivity index (χ1v) is 7.17. The molecule has 1 aliphatic heterocycles. The zero-order chi connectivity index (χ0) is 15.5. The van der Waals surface area contributed by atoms with Crippen LogP contribution in [0.1, 0.15) is 21.5 Å². The predicted molar refractivity (Wildman–Crippen MR) is 86.3 cm³/mol. The molecule has 0 unspecified atom stereocenters. The van der Waals surface area contributed by atoms with Crippen molar-refractivity contribution in [1.29, 1.82) is 0 Å². The van der Waals surface area contributed by atoms with E-state index >= 15 is 0 Å². The number of urea groups is 1. The van der Waals surface area contributed by atoms with E-state index in [0.717, 1.165) is 23.2 Å². The number of hydrogen-bond donors (Lipinski definition) is 3.